The molecule has 0 radical (unpaired) electrons. The molecule has 0 saturated carbocycles. The molecular formula is C16H16ClFO. The summed E-state index contributed by atoms with van der Waals surface area (Å²) < 4.78 is 13.2. The van der Waals surface area contributed by atoms with Crippen LogP contribution in [0.15, 0.2) is 36.4 Å². The minimum atomic E-state index is -0.343. The lowest BCUT2D eigenvalue weighted by Crippen LogP contribution is -2.06. The predicted octanol–water partition coefficient (Wildman–Crippen LogP) is 5.02. The summed E-state index contributed by atoms with van der Waals surface area (Å²) in [6.07, 6.45) is 2.70. The summed E-state index contributed by atoms with van der Waals surface area (Å²) in [7, 11) is 0. The van der Waals surface area contributed by atoms with Gasteiger partial charge in [0, 0.05) is 0 Å². The second kappa shape index (κ2) is 6.16. The molecule has 2 aromatic carbocycles. The summed E-state index contributed by atoms with van der Waals surface area (Å²) >= 11 is 5.68. The van der Waals surface area contributed by atoms with Gasteiger partial charge < -0.3 is 0 Å². The second-order valence-electron chi connectivity index (χ2n) is 4.75. The Hall–Kier alpha value is -1.41. The van der Waals surface area contributed by atoms with E-state index in [0.29, 0.717) is 0 Å². The van der Waals surface area contributed by atoms with E-state index in [-0.39, 0.29) is 17.0 Å². The molecule has 2 rings (SSSR count). The van der Waals surface area contributed by atoms with E-state index in [0.717, 1.165) is 35.6 Å². The Morgan fingerprint density at radius 1 is 1.21 bits per heavy atom. The van der Waals surface area contributed by atoms with E-state index in [1.54, 1.807) is 6.07 Å². The van der Waals surface area contributed by atoms with Crippen LogP contribution in [0.3, 0.4) is 0 Å². The monoisotopic (exact) mass is 278 g/mol. The molecule has 0 heterocycles. The third-order valence-electron chi connectivity index (χ3n) is 3.35. The van der Waals surface area contributed by atoms with Gasteiger partial charge in [0.15, 0.2) is 0 Å². The van der Waals surface area contributed by atoms with Crippen molar-refractivity contribution in [2.24, 2.45) is 0 Å². The van der Waals surface area contributed by atoms with Gasteiger partial charge in [0.2, 0.25) is 5.24 Å². The number of carbonyl (C=O) groups excluding carboxylic acids is 1. The normalized spacial score (nSPS) is 12.6. The van der Waals surface area contributed by atoms with E-state index in [2.05, 4.69) is 6.92 Å². The smallest absolute Gasteiger partial charge is 0.229 e. The van der Waals surface area contributed by atoms with Crippen molar-refractivity contribution in [3.63, 3.8) is 0 Å². The number of hydrogen-bond acceptors (Lipinski definition) is 1. The maximum absolute atomic E-state index is 13.2. The molecule has 0 aliphatic carbocycles. The van der Waals surface area contributed by atoms with Gasteiger partial charge in [-0.25, -0.2) is 4.39 Å². The highest BCUT2D eigenvalue weighted by atomic mass is 35.5. The summed E-state index contributed by atoms with van der Waals surface area (Å²) in [5.41, 5.74) is 0.867. The molecule has 2 aromatic rings. The van der Waals surface area contributed by atoms with Crippen molar-refractivity contribution in [2.45, 2.75) is 32.1 Å². The largest absolute Gasteiger partial charge is 0.281 e. The van der Waals surface area contributed by atoms with Crippen molar-refractivity contribution < 1.29 is 9.18 Å². The van der Waals surface area contributed by atoms with Gasteiger partial charge in [0.05, 0.1) is 5.92 Å². The number of benzene rings is 2. The standard InChI is InChI=1S/C16H16ClFO/c1-2-3-4-15(16(17)19)12-6-5-11-7-8-14(18)10-13(11)9-12/h5-10,15H,2-4H2,1H3. The van der Waals surface area contributed by atoms with Crippen LogP contribution >= 0.6 is 11.6 Å². The van der Waals surface area contributed by atoms with Gasteiger partial charge in [-0.2, -0.15) is 0 Å². The fourth-order valence-corrected chi connectivity index (χ4v) is 2.51. The molecule has 0 amide bonds. The van der Waals surface area contributed by atoms with Crippen molar-refractivity contribution >= 4 is 27.6 Å². The van der Waals surface area contributed by atoms with Gasteiger partial charge in [0.25, 0.3) is 0 Å². The molecule has 0 aliphatic rings. The van der Waals surface area contributed by atoms with Crippen LogP contribution in [0.25, 0.3) is 10.8 Å². The molecule has 0 aliphatic heterocycles. The Morgan fingerprint density at radius 2 is 1.95 bits per heavy atom. The zero-order valence-corrected chi connectivity index (χ0v) is 11.6. The van der Waals surface area contributed by atoms with E-state index in [1.807, 2.05) is 18.2 Å². The summed E-state index contributed by atoms with van der Waals surface area (Å²) in [6.45, 7) is 2.07. The molecule has 0 fully saturated rings. The predicted molar refractivity (Wildman–Crippen MR) is 77.0 cm³/mol. The lowest BCUT2D eigenvalue weighted by atomic mass is 9.93. The highest BCUT2D eigenvalue weighted by Crippen LogP contribution is 2.28. The average molecular weight is 279 g/mol. The van der Waals surface area contributed by atoms with Crippen LogP contribution in [-0.4, -0.2) is 5.24 Å². The molecule has 0 saturated heterocycles. The molecule has 1 unspecified atom stereocenters. The number of hydrogen-bond donors (Lipinski definition) is 0. The van der Waals surface area contributed by atoms with Crippen LogP contribution in [0.5, 0.6) is 0 Å². The summed E-state index contributed by atoms with van der Waals surface area (Å²) in [4.78, 5) is 11.5. The molecular weight excluding hydrogens is 263 g/mol. The third kappa shape index (κ3) is 3.32. The fraction of sp³-hybridized carbons (Fsp3) is 0.312. The van der Waals surface area contributed by atoms with Crippen LogP contribution in [0.2, 0.25) is 0 Å². The van der Waals surface area contributed by atoms with E-state index in [9.17, 15) is 9.18 Å². The molecule has 3 heteroatoms. The van der Waals surface area contributed by atoms with Crippen LogP contribution in [-0.2, 0) is 4.79 Å². The van der Waals surface area contributed by atoms with E-state index >= 15 is 0 Å². The Balaban J connectivity index is 2.39. The van der Waals surface area contributed by atoms with Crippen LogP contribution in [0.1, 0.15) is 37.7 Å². The Morgan fingerprint density at radius 3 is 2.63 bits per heavy atom. The zero-order valence-electron chi connectivity index (χ0n) is 10.8. The van der Waals surface area contributed by atoms with Crippen molar-refractivity contribution in [1.82, 2.24) is 0 Å². The molecule has 0 bridgehead atoms. The first-order valence-corrected chi connectivity index (χ1v) is 6.88. The van der Waals surface area contributed by atoms with Crippen LogP contribution in [0, 0.1) is 5.82 Å². The number of unbranched alkanes of at least 4 members (excludes halogenated alkanes) is 1. The zero-order chi connectivity index (χ0) is 13.8. The van der Waals surface area contributed by atoms with E-state index in [4.69, 9.17) is 11.6 Å². The van der Waals surface area contributed by atoms with Crippen molar-refractivity contribution in [2.75, 3.05) is 0 Å². The second-order valence-corrected chi connectivity index (χ2v) is 5.12. The van der Waals surface area contributed by atoms with E-state index < -0.39 is 0 Å². The lowest BCUT2D eigenvalue weighted by molar-refractivity contribution is -0.113. The SMILES string of the molecule is CCCCC(C(=O)Cl)c1ccc2ccc(F)cc2c1. The summed E-state index contributed by atoms with van der Waals surface area (Å²) in [6, 6.07) is 10.3. The van der Waals surface area contributed by atoms with Crippen LogP contribution in [0.4, 0.5) is 4.39 Å². The van der Waals surface area contributed by atoms with Gasteiger partial charge in [-0.1, -0.05) is 44.0 Å². The molecule has 0 aromatic heterocycles. The molecule has 0 spiro atoms. The molecule has 1 nitrogen and oxygen atoms in total. The number of rotatable bonds is 5. The van der Waals surface area contributed by atoms with Crippen LogP contribution < -0.4 is 0 Å². The van der Waals surface area contributed by atoms with Gasteiger partial charge in [0.1, 0.15) is 5.82 Å². The van der Waals surface area contributed by atoms with Gasteiger partial charge in [-0.05, 0) is 46.5 Å². The molecule has 19 heavy (non-hydrogen) atoms. The summed E-state index contributed by atoms with van der Waals surface area (Å²) in [5.74, 6) is -0.568. The number of carbonyl (C=O) groups is 1. The lowest BCUT2D eigenvalue weighted by Gasteiger charge is -2.13. The highest BCUT2D eigenvalue weighted by Gasteiger charge is 2.18. The number of fused-ring (bicyclic) bond motifs is 1. The first-order chi connectivity index (χ1) is 9.11. The number of halogens is 2. The fourth-order valence-electron chi connectivity index (χ4n) is 2.27. The van der Waals surface area contributed by atoms with Crippen molar-refractivity contribution in [3.05, 3.63) is 47.8 Å². The molecule has 1 atom stereocenters. The quantitative estimate of drug-likeness (QED) is 0.702. The van der Waals surface area contributed by atoms with Crippen molar-refractivity contribution in [3.8, 4) is 0 Å². The van der Waals surface area contributed by atoms with E-state index in [1.165, 1.54) is 12.1 Å². The Bertz CT molecular complexity index is 594. The first-order valence-electron chi connectivity index (χ1n) is 6.50. The topological polar surface area (TPSA) is 17.1 Å². The average Bonchev–Trinajstić information content (AvgIpc) is 2.38. The summed E-state index contributed by atoms with van der Waals surface area (Å²) in [5, 5.41) is 1.42. The Kier molecular flexibility index (Phi) is 4.54. The maximum atomic E-state index is 13.2. The minimum absolute atomic E-state index is 0.271. The van der Waals surface area contributed by atoms with Crippen molar-refractivity contribution in [1.29, 1.82) is 0 Å². The van der Waals surface area contributed by atoms with Gasteiger partial charge >= 0.3 is 0 Å². The molecule has 0 N–H and O–H groups in total. The minimum Gasteiger partial charge on any atom is -0.281 e. The first kappa shape index (κ1) is 14.0. The van der Waals surface area contributed by atoms with Gasteiger partial charge in [-0.3, -0.25) is 4.79 Å². The maximum Gasteiger partial charge on any atom is 0.229 e. The highest BCUT2D eigenvalue weighted by molar-refractivity contribution is 6.64. The Labute approximate surface area is 117 Å². The third-order valence-corrected chi connectivity index (χ3v) is 3.61. The molecule has 100 valence electrons. The van der Waals surface area contributed by atoms with Gasteiger partial charge in [-0.15, -0.1) is 0 Å².